The van der Waals surface area contributed by atoms with Gasteiger partial charge in [-0.05, 0) is 64.2 Å². The van der Waals surface area contributed by atoms with Crippen LogP contribution in [0.1, 0.15) is 31.6 Å². The second-order valence-corrected chi connectivity index (χ2v) is 6.25. The van der Waals surface area contributed by atoms with Crippen LogP contribution in [0, 0.1) is 5.82 Å². The van der Waals surface area contributed by atoms with Gasteiger partial charge in [0, 0.05) is 11.4 Å². The van der Waals surface area contributed by atoms with Crippen molar-refractivity contribution in [1.29, 1.82) is 0 Å². The monoisotopic (exact) mass is 319 g/mol. The number of fused-ring (bicyclic) bond motifs is 1. The van der Waals surface area contributed by atoms with Crippen LogP contribution in [0.25, 0.3) is 11.0 Å². The second kappa shape index (κ2) is 6.58. The second-order valence-electron chi connectivity index (χ2n) is 6.25. The molecule has 0 radical (unpaired) electrons. The van der Waals surface area contributed by atoms with Crippen molar-refractivity contribution < 1.29 is 13.6 Å². The van der Waals surface area contributed by atoms with E-state index in [-0.39, 0.29) is 23.9 Å². The van der Waals surface area contributed by atoms with Gasteiger partial charge < -0.3 is 20.0 Å². The largest absolute Gasteiger partial charge is 0.459 e. The number of carbonyl (C=O) groups excluding carboxylic acids is 1. The third kappa shape index (κ3) is 3.82. The number of amides is 2. The fourth-order valence-electron chi connectivity index (χ4n) is 2.90. The van der Waals surface area contributed by atoms with Crippen LogP contribution in [0.15, 0.2) is 28.7 Å². The third-order valence-electron chi connectivity index (χ3n) is 4.33. The molecule has 0 spiro atoms. The van der Waals surface area contributed by atoms with Gasteiger partial charge >= 0.3 is 6.03 Å². The van der Waals surface area contributed by atoms with Gasteiger partial charge in [-0.25, -0.2) is 9.18 Å². The topological polar surface area (TPSA) is 57.5 Å². The smallest absolute Gasteiger partial charge is 0.315 e. The molecule has 2 heterocycles. The summed E-state index contributed by atoms with van der Waals surface area (Å²) in [6.45, 7) is 3.84. The number of hydrogen-bond donors (Lipinski definition) is 2. The third-order valence-corrected chi connectivity index (χ3v) is 4.33. The molecule has 3 rings (SSSR count). The molecule has 124 valence electrons. The first-order valence-electron chi connectivity index (χ1n) is 7.96. The normalized spacial score (nSPS) is 18.0. The number of rotatable bonds is 3. The summed E-state index contributed by atoms with van der Waals surface area (Å²) in [5.74, 6) is 0.314. The van der Waals surface area contributed by atoms with Gasteiger partial charge in [0.1, 0.15) is 17.2 Å². The van der Waals surface area contributed by atoms with E-state index in [2.05, 4.69) is 22.6 Å². The van der Waals surface area contributed by atoms with Crippen LogP contribution in [0.3, 0.4) is 0 Å². The predicted octanol–water partition coefficient (Wildman–Crippen LogP) is 3.03. The highest BCUT2D eigenvalue weighted by atomic mass is 19.1. The van der Waals surface area contributed by atoms with E-state index >= 15 is 0 Å². The number of halogens is 1. The van der Waals surface area contributed by atoms with Crippen molar-refractivity contribution in [3.63, 3.8) is 0 Å². The van der Waals surface area contributed by atoms with Crippen LogP contribution >= 0.6 is 0 Å². The Labute approximate surface area is 134 Å². The maximum Gasteiger partial charge on any atom is 0.315 e. The van der Waals surface area contributed by atoms with E-state index in [4.69, 9.17) is 4.42 Å². The molecule has 23 heavy (non-hydrogen) atoms. The number of hydrogen-bond acceptors (Lipinski definition) is 3. The fourth-order valence-corrected chi connectivity index (χ4v) is 2.90. The van der Waals surface area contributed by atoms with Gasteiger partial charge in [-0.2, -0.15) is 0 Å². The zero-order chi connectivity index (χ0) is 16.4. The van der Waals surface area contributed by atoms with E-state index in [1.165, 1.54) is 12.1 Å². The Kier molecular flexibility index (Phi) is 4.52. The molecule has 1 aromatic carbocycles. The predicted molar refractivity (Wildman–Crippen MR) is 86.8 cm³/mol. The Bertz CT molecular complexity index is 692. The molecule has 0 aliphatic carbocycles. The standard InChI is InChI=1S/C17H22FN3O2/c1-11(16-10-12-9-13(18)3-4-15(12)23-16)19-17(22)20-14-5-7-21(2)8-6-14/h3-4,9-11,14H,5-8H2,1-2H3,(H2,19,20,22)/t11-/m1/s1. The molecule has 5 nitrogen and oxygen atoms in total. The molecule has 2 aromatic rings. The summed E-state index contributed by atoms with van der Waals surface area (Å²) < 4.78 is 18.9. The van der Waals surface area contributed by atoms with Crippen molar-refractivity contribution in [2.45, 2.75) is 31.8 Å². The minimum absolute atomic E-state index is 0.196. The Balaban J connectivity index is 1.58. The quantitative estimate of drug-likeness (QED) is 0.914. The lowest BCUT2D eigenvalue weighted by Gasteiger charge is -2.29. The molecule has 1 fully saturated rings. The van der Waals surface area contributed by atoms with Gasteiger partial charge in [0.05, 0.1) is 6.04 Å². The first-order chi connectivity index (χ1) is 11.0. The lowest BCUT2D eigenvalue weighted by atomic mass is 10.1. The molecule has 2 N–H and O–H groups in total. The average molecular weight is 319 g/mol. The highest BCUT2D eigenvalue weighted by Gasteiger charge is 2.20. The molecule has 1 aromatic heterocycles. The summed E-state index contributed by atoms with van der Waals surface area (Å²) >= 11 is 0. The minimum atomic E-state index is -0.300. The first-order valence-corrected chi connectivity index (χ1v) is 7.96. The average Bonchev–Trinajstić information content (AvgIpc) is 2.92. The number of likely N-dealkylation sites (tertiary alicyclic amines) is 1. The van der Waals surface area contributed by atoms with Crippen molar-refractivity contribution >= 4 is 17.0 Å². The van der Waals surface area contributed by atoms with Crippen molar-refractivity contribution in [1.82, 2.24) is 15.5 Å². The highest BCUT2D eigenvalue weighted by Crippen LogP contribution is 2.24. The summed E-state index contributed by atoms with van der Waals surface area (Å²) in [4.78, 5) is 14.4. The van der Waals surface area contributed by atoms with Crippen LogP contribution in [0.2, 0.25) is 0 Å². The first kappa shape index (κ1) is 15.8. The molecule has 6 heteroatoms. The van der Waals surface area contributed by atoms with Crippen molar-refractivity contribution in [3.8, 4) is 0 Å². The zero-order valence-electron chi connectivity index (χ0n) is 13.4. The van der Waals surface area contributed by atoms with E-state index < -0.39 is 0 Å². The summed E-state index contributed by atoms with van der Waals surface area (Å²) in [6, 6.07) is 5.88. The zero-order valence-corrected chi connectivity index (χ0v) is 13.4. The van der Waals surface area contributed by atoms with Crippen molar-refractivity contribution in [2.24, 2.45) is 0 Å². The molecular formula is C17H22FN3O2. The number of furan rings is 1. The van der Waals surface area contributed by atoms with E-state index in [1.54, 1.807) is 12.1 Å². The van der Waals surface area contributed by atoms with Gasteiger partial charge in [-0.15, -0.1) is 0 Å². The SMILES string of the molecule is C[C@@H](NC(=O)NC1CCN(C)CC1)c1cc2cc(F)ccc2o1. The number of benzene rings is 1. The van der Waals surface area contributed by atoms with E-state index in [0.29, 0.717) is 16.7 Å². The number of carbonyl (C=O) groups is 1. The number of urea groups is 1. The van der Waals surface area contributed by atoms with Crippen LogP contribution in [-0.2, 0) is 0 Å². The fraction of sp³-hybridized carbons (Fsp3) is 0.471. The molecule has 1 aliphatic rings. The summed E-state index contributed by atoms with van der Waals surface area (Å²) in [6.07, 6.45) is 1.92. The molecule has 1 saturated heterocycles. The van der Waals surface area contributed by atoms with Gasteiger partial charge in [0.25, 0.3) is 0 Å². The van der Waals surface area contributed by atoms with Crippen molar-refractivity contribution in [2.75, 3.05) is 20.1 Å². The molecule has 1 aliphatic heterocycles. The molecule has 0 unspecified atom stereocenters. The summed E-state index contributed by atoms with van der Waals surface area (Å²) in [5, 5.41) is 6.58. The maximum atomic E-state index is 13.2. The summed E-state index contributed by atoms with van der Waals surface area (Å²) in [5.41, 5.74) is 0.616. The lowest BCUT2D eigenvalue weighted by molar-refractivity contribution is 0.211. The minimum Gasteiger partial charge on any atom is -0.459 e. The number of piperidine rings is 1. The number of nitrogens with zero attached hydrogens (tertiary/aromatic N) is 1. The molecule has 0 saturated carbocycles. The van der Waals surface area contributed by atoms with Gasteiger partial charge in [0.15, 0.2) is 0 Å². The van der Waals surface area contributed by atoms with Gasteiger partial charge in [-0.1, -0.05) is 0 Å². The molecule has 2 amide bonds. The Morgan fingerprint density at radius 1 is 1.35 bits per heavy atom. The number of nitrogens with one attached hydrogen (secondary N) is 2. The van der Waals surface area contributed by atoms with Crippen LogP contribution in [0.5, 0.6) is 0 Å². The van der Waals surface area contributed by atoms with E-state index in [9.17, 15) is 9.18 Å². The Morgan fingerprint density at radius 3 is 2.83 bits per heavy atom. The summed E-state index contributed by atoms with van der Waals surface area (Å²) in [7, 11) is 2.09. The Hall–Kier alpha value is -2.08. The maximum absolute atomic E-state index is 13.2. The molecular weight excluding hydrogens is 297 g/mol. The lowest BCUT2D eigenvalue weighted by Crippen LogP contribution is -2.47. The molecule has 1 atom stereocenters. The Morgan fingerprint density at radius 2 is 2.09 bits per heavy atom. The van der Waals surface area contributed by atoms with Crippen LogP contribution in [-0.4, -0.2) is 37.1 Å². The highest BCUT2D eigenvalue weighted by molar-refractivity contribution is 5.79. The molecule has 0 bridgehead atoms. The van der Waals surface area contributed by atoms with Crippen molar-refractivity contribution in [3.05, 3.63) is 35.8 Å². The van der Waals surface area contributed by atoms with Crippen LogP contribution < -0.4 is 10.6 Å². The van der Waals surface area contributed by atoms with Gasteiger partial charge in [-0.3, -0.25) is 0 Å². The van der Waals surface area contributed by atoms with Crippen LogP contribution in [0.4, 0.5) is 9.18 Å². The van der Waals surface area contributed by atoms with E-state index in [1.807, 2.05) is 6.92 Å². The van der Waals surface area contributed by atoms with E-state index in [0.717, 1.165) is 25.9 Å². The van der Waals surface area contributed by atoms with Gasteiger partial charge in [0.2, 0.25) is 0 Å².